The Bertz CT molecular complexity index is 887. The highest BCUT2D eigenvalue weighted by atomic mass is 16.7. The minimum Gasteiger partial charge on any atom is -0.502 e. The van der Waals surface area contributed by atoms with Gasteiger partial charge in [0.2, 0.25) is 29.6 Å². The third kappa shape index (κ3) is 3.10. The number of rotatable bonds is 5. The fraction of sp³-hybridized carbons (Fsp3) is 0.294. The second kappa shape index (κ2) is 6.39. The Morgan fingerprint density at radius 2 is 2.12 bits per heavy atom. The number of primary amides is 1. The second-order valence-electron chi connectivity index (χ2n) is 5.61. The summed E-state index contributed by atoms with van der Waals surface area (Å²) in [5.74, 6) is -0.428. The van der Waals surface area contributed by atoms with E-state index in [0.717, 1.165) is 0 Å². The van der Waals surface area contributed by atoms with Crippen LogP contribution in [0.25, 0.3) is 0 Å². The molecule has 3 rings (SSSR count). The number of benzene rings is 1. The average molecular weight is 347 g/mol. The van der Waals surface area contributed by atoms with Crippen LogP contribution in [-0.2, 0) is 4.79 Å². The Kier molecular flexibility index (Phi) is 4.26. The highest BCUT2D eigenvalue weighted by Gasteiger charge is 2.29. The van der Waals surface area contributed by atoms with Crippen molar-refractivity contribution in [1.29, 1.82) is 0 Å². The molecule has 0 saturated heterocycles. The van der Waals surface area contributed by atoms with Gasteiger partial charge in [0.25, 0.3) is 0 Å². The van der Waals surface area contributed by atoms with Crippen molar-refractivity contribution in [1.82, 2.24) is 0 Å². The van der Waals surface area contributed by atoms with Crippen LogP contribution in [0.4, 0.5) is 0 Å². The predicted octanol–water partition coefficient (Wildman–Crippen LogP) is 1.40. The van der Waals surface area contributed by atoms with Gasteiger partial charge in [0.15, 0.2) is 17.3 Å². The van der Waals surface area contributed by atoms with Crippen LogP contribution in [0, 0.1) is 6.92 Å². The van der Waals surface area contributed by atoms with Gasteiger partial charge in [0.1, 0.15) is 5.76 Å². The number of hydrogen-bond donors (Lipinski definition) is 2. The molecule has 0 bridgehead atoms. The molecule has 8 heteroatoms. The van der Waals surface area contributed by atoms with Gasteiger partial charge in [-0.05, 0) is 24.6 Å². The van der Waals surface area contributed by atoms with Gasteiger partial charge in [0, 0.05) is 12.5 Å². The molecule has 8 nitrogen and oxygen atoms in total. The zero-order valence-corrected chi connectivity index (χ0v) is 13.7. The van der Waals surface area contributed by atoms with Gasteiger partial charge in [-0.2, -0.15) is 0 Å². The number of carbonyl (C=O) groups is 1. The summed E-state index contributed by atoms with van der Waals surface area (Å²) in [5.41, 5.74) is 5.29. The molecule has 25 heavy (non-hydrogen) atoms. The Hall–Kier alpha value is -3.16. The van der Waals surface area contributed by atoms with E-state index in [4.69, 9.17) is 24.4 Å². The van der Waals surface area contributed by atoms with E-state index >= 15 is 0 Å². The standard InChI is InChI=1S/C17H17NO7/c1-8-3-11(19)15(21)16(25-8)10(6-14(18)20)9-4-12(22-2)17-13(5-9)23-7-24-17/h3-5,10,21H,6-7H2,1-2H3,(H2,18,20)/t10-/m0/s1. The van der Waals surface area contributed by atoms with E-state index in [0.29, 0.717) is 28.6 Å². The summed E-state index contributed by atoms with van der Waals surface area (Å²) >= 11 is 0. The van der Waals surface area contributed by atoms with Gasteiger partial charge in [-0.3, -0.25) is 9.59 Å². The molecule has 1 aromatic carbocycles. The van der Waals surface area contributed by atoms with Gasteiger partial charge >= 0.3 is 0 Å². The van der Waals surface area contributed by atoms with Crippen molar-refractivity contribution in [2.75, 3.05) is 13.9 Å². The number of ether oxygens (including phenoxy) is 3. The maximum atomic E-state index is 11.9. The minimum atomic E-state index is -0.784. The highest BCUT2D eigenvalue weighted by Crippen LogP contribution is 2.45. The lowest BCUT2D eigenvalue weighted by Crippen LogP contribution is -2.18. The first-order valence-corrected chi connectivity index (χ1v) is 7.50. The monoisotopic (exact) mass is 347 g/mol. The quantitative estimate of drug-likeness (QED) is 0.838. The van der Waals surface area contributed by atoms with Crippen molar-refractivity contribution in [3.63, 3.8) is 0 Å². The molecule has 2 aromatic rings. The summed E-state index contributed by atoms with van der Waals surface area (Å²) in [6.07, 6.45) is -0.178. The molecule has 3 N–H and O–H groups in total. The molecule has 1 aliphatic heterocycles. The normalized spacial score (nSPS) is 13.5. The molecule has 0 unspecified atom stereocenters. The minimum absolute atomic E-state index is 0.0373. The third-order valence-electron chi connectivity index (χ3n) is 3.88. The van der Waals surface area contributed by atoms with E-state index in [1.165, 1.54) is 13.2 Å². The molecule has 0 radical (unpaired) electrons. The zero-order chi connectivity index (χ0) is 18.1. The van der Waals surface area contributed by atoms with Crippen molar-refractivity contribution in [2.24, 2.45) is 5.73 Å². The smallest absolute Gasteiger partial charge is 0.231 e. The van der Waals surface area contributed by atoms with Gasteiger partial charge in [0.05, 0.1) is 13.0 Å². The van der Waals surface area contributed by atoms with Crippen LogP contribution in [0.15, 0.2) is 27.4 Å². The van der Waals surface area contributed by atoms with Crippen LogP contribution >= 0.6 is 0 Å². The first kappa shape index (κ1) is 16.7. The molecule has 132 valence electrons. The topological polar surface area (TPSA) is 121 Å². The van der Waals surface area contributed by atoms with E-state index in [1.54, 1.807) is 19.1 Å². The molecule has 1 atom stereocenters. The summed E-state index contributed by atoms with van der Waals surface area (Å²) in [6, 6.07) is 4.43. The van der Waals surface area contributed by atoms with Gasteiger partial charge in [-0.25, -0.2) is 0 Å². The largest absolute Gasteiger partial charge is 0.502 e. The predicted molar refractivity (Wildman–Crippen MR) is 86.2 cm³/mol. The summed E-state index contributed by atoms with van der Waals surface area (Å²) < 4.78 is 21.5. The Balaban J connectivity index is 2.18. The molecule has 1 amide bonds. The maximum absolute atomic E-state index is 11.9. The van der Waals surface area contributed by atoms with Crippen molar-refractivity contribution in [3.8, 4) is 23.0 Å². The van der Waals surface area contributed by atoms with Crippen LogP contribution in [0.1, 0.15) is 29.4 Å². The van der Waals surface area contributed by atoms with E-state index < -0.39 is 23.0 Å². The average Bonchev–Trinajstić information content (AvgIpc) is 3.03. The molecule has 0 spiro atoms. The number of methoxy groups -OCH3 is 1. The fourth-order valence-corrected chi connectivity index (χ4v) is 2.78. The van der Waals surface area contributed by atoms with E-state index in [1.807, 2.05) is 0 Å². The number of aromatic hydroxyl groups is 1. The Morgan fingerprint density at radius 3 is 2.80 bits per heavy atom. The lowest BCUT2D eigenvalue weighted by atomic mass is 9.91. The second-order valence-corrected chi connectivity index (χ2v) is 5.61. The van der Waals surface area contributed by atoms with E-state index in [2.05, 4.69) is 0 Å². The van der Waals surface area contributed by atoms with Crippen LogP contribution in [0.2, 0.25) is 0 Å². The van der Waals surface area contributed by atoms with Crippen LogP contribution in [-0.4, -0.2) is 24.9 Å². The number of amides is 1. The van der Waals surface area contributed by atoms with Crippen LogP contribution < -0.4 is 25.4 Å². The number of hydrogen-bond acceptors (Lipinski definition) is 7. The van der Waals surface area contributed by atoms with E-state index in [-0.39, 0.29) is 19.0 Å². The first-order chi connectivity index (χ1) is 11.9. The summed E-state index contributed by atoms with van der Waals surface area (Å²) in [4.78, 5) is 23.5. The molecule has 0 aliphatic carbocycles. The maximum Gasteiger partial charge on any atom is 0.231 e. The van der Waals surface area contributed by atoms with Crippen molar-refractivity contribution in [3.05, 3.63) is 45.5 Å². The molecular formula is C17H17NO7. The number of fused-ring (bicyclic) bond motifs is 1. The summed E-state index contributed by atoms with van der Waals surface area (Å²) in [6.45, 7) is 1.62. The molecular weight excluding hydrogens is 330 g/mol. The molecule has 1 aromatic heterocycles. The summed E-state index contributed by atoms with van der Waals surface area (Å²) in [7, 11) is 1.47. The van der Waals surface area contributed by atoms with Crippen LogP contribution in [0.3, 0.4) is 0 Å². The number of aryl methyl sites for hydroxylation is 1. The van der Waals surface area contributed by atoms with E-state index in [9.17, 15) is 14.7 Å². The highest BCUT2D eigenvalue weighted by molar-refractivity contribution is 5.75. The first-order valence-electron chi connectivity index (χ1n) is 7.50. The SMILES string of the molecule is COc1cc([C@H](CC(N)=O)c2oc(C)cc(=O)c2O)cc2c1OCO2. The third-order valence-corrected chi connectivity index (χ3v) is 3.88. The number of carbonyl (C=O) groups excluding carboxylic acids is 1. The number of nitrogens with two attached hydrogens (primary N) is 1. The van der Waals surface area contributed by atoms with Gasteiger partial charge in [-0.15, -0.1) is 0 Å². The van der Waals surface area contributed by atoms with Crippen LogP contribution in [0.5, 0.6) is 23.0 Å². The van der Waals surface area contributed by atoms with Crippen molar-refractivity contribution >= 4 is 5.91 Å². The molecule has 1 aliphatic rings. The lowest BCUT2D eigenvalue weighted by molar-refractivity contribution is -0.118. The van der Waals surface area contributed by atoms with Gasteiger partial charge in [-0.1, -0.05) is 0 Å². The summed E-state index contributed by atoms with van der Waals surface area (Å²) in [5, 5.41) is 10.1. The van der Waals surface area contributed by atoms with Crippen molar-refractivity contribution in [2.45, 2.75) is 19.3 Å². The zero-order valence-electron chi connectivity index (χ0n) is 13.7. The van der Waals surface area contributed by atoms with Gasteiger partial charge < -0.3 is 29.5 Å². The lowest BCUT2D eigenvalue weighted by Gasteiger charge is -2.18. The Morgan fingerprint density at radius 1 is 1.36 bits per heavy atom. The molecule has 0 saturated carbocycles. The molecule has 0 fully saturated rings. The van der Waals surface area contributed by atoms with Crippen molar-refractivity contribution < 1.29 is 28.5 Å². The molecule has 2 heterocycles. The fourth-order valence-electron chi connectivity index (χ4n) is 2.78. The Labute approximate surface area is 142 Å².